The molecule has 4 rings (SSSR count). The van der Waals surface area contributed by atoms with Crippen molar-refractivity contribution in [2.75, 3.05) is 26.1 Å². The van der Waals surface area contributed by atoms with Crippen molar-refractivity contribution in [3.63, 3.8) is 0 Å². The normalized spacial score (nSPS) is 10.8. The highest BCUT2D eigenvalue weighted by Crippen LogP contribution is 2.27. The van der Waals surface area contributed by atoms with E-state index in [4.69, 9.17) is 9.47 Å². The second kappa shape index (κ2) is 7.72. The van der Waals surface area contributed by atoms with Crippen LogP contribution < -0.4 is 19.2 Å². The average Bonchev–Trinajstić information content (AvgIpc) is 3.13. The fraction of sp³-hybridized carbons (Fsp3) is 0.217. The van der Waals surface area contributed by atoms with E-state index in [0.717, 1.165) is 58.1 Å². The van der Waals surface area contributed by atoms with Crippen LogP contribution in [0.4, 0.5) is 5.82 Å². The van der Waals surface area contributed by atoms with E-state index in [-0.39, 0.29) is 0 Å². The number of ether oxygens (including phenoxy) is 2. The van der Waals surface area contributed by atoms with Crippen LogP contribution in [0.25, 0.3) is 16.7 Å². The van der Waals surface area contributed by atoms with Gasteiger partial charge in [0, 0.05) is 12.5 Å². The number of hydrogen-bond donors (Lipinski definition) is 2. The molecule has 0 amide bonds. The largest absolute Gasteiger partial charge is 0.493 e. The summed E-state index contributed by atoms with van der Waals surface area (Å²) in [5, 5.41) is 13.2. The molecule has 2 aromatic carbocycles. The highest BCUT2D eigenvalue weighted by atomic mass is 16.5. The number of nitrogens with zero attached hydrogens (tertiary/aromatic N) is 2. The highest BCUT2D eigenvalue weighted by molar-refractivity contribution is 5.77. The molecule has 146 valence electrons. The first kappa shape index (κ1) is 18.6. The molecule has 0 aliphatic rings. The molecule has 0 aliphatic heterocycles. The van der Waals surface area contributed by atoms with Crippen molar-refractivity contribution < 1.29 is 13.9 Å². The minimum absolute atomic E-state index is 0.659. The number of para-hydroxylation sites is 2. The second-order valence-corrected chi connectivity index (χ2v) is 6.89. The molecule has 2 heterocycles. The maximum atomic E-state index is 9.62. The van der Waals surface area contributed by atoms with E-state index in [2.05, 4.69) is 26.8 Å². The molecule has 4 aromatic rings. The van der Waals surface area contributed by atoms with Crippen LogP contribution in [0.2, 0.25) is 0 Å². The molecule has 0 radical (unpaired) electrons. The van der Waals surface area contributed by atoms with E-state index in [1.807, 2.05) is 49.4 Å². The summed E-state index contributed by atoms with van der Waals surface area (Å²) in [5.41, 5.74) is 5.59. The highest BCUT2D eigenvalue weighted by Gasteiger charge is 2.20. The quantitative estimate of drug-likeness (QED) is 0.494. The van der Waals surface area contributed by atoms with Gasteiger partial charge < -0.3 is 14.8 Å². The number of anilines is 1. The lowest BCUT2D eigenvalue weighted by Crippen LogP contribution is -2.28. The molecule has 2 aromatic heterocycles. The Balaban J connectivity index is 1.66. The first-order valence-corrected chi connectivity index (χ1v) is 9.47. The summed E-state index contributed by atoms with van der Waals surface area (Å²) in [6.45, 7) is 2.70. The number of imidazole rings is 1. The molecule has 0 unspecified atom stereocenters. The Morgan fingerprint density at radius 2 is 1.86 bits per heavy atom. The van der Waals surface area contributed by atoms with Gasteiger partial charge in [0.05, 0.1) is 20.8 Å². The van der Waals surface area contributed by atoms with E-state index < -0.39 is 0 Å². The van der Waals surface area contributed by atoms with Crippen molar-refractivity contribution in [3.05, 3.63) is 65.2 Å². The van der Waals surface area contributed by atoms with Gasteiger partial charge in [0.25, 0.3) is 0 Å². The summed E-state index contributed by atoms with van der Waals surface area (Å²) in [6, 6.07) is 18.4. The third-order valence-corrected chi connectivity index (χ3v) is 5.13. The number of methoxy groups -OCH3 is 2. The van der Waals surface area contributed by atoms with Gasteiger partial charge in [-0.2, -0.15) is 9.66 Å². The Morgan fingerprint density at radius 1 is 1.07 bits per heavy atom. The lowest BCUT2D eigenvalue weighted by molar-refractivity contribution is -0.465. The third kappa shape index (κ3) is 3.32. The Labute approximate surface area is 169 Å². The van der Waals surface area contributed by atoms with Gasteiger partial charge >= 0.3 is 0 Å². The summed E-state index contributed by atoms with van der Waals surface area (Å²) < 4.78 is 12.8. The number of aryl methyl sites for hydroxylation is 1. The topological polar surface area (TPSA) is 74.2 Å². The molecule has 0 saturated heterocycles. The Bertz CT molecular complexity index is 1240. The molecule has 0 fully saturated rings. The molecule has 0 bridgehead atoms. The first-order valence-electron chi connectivity index (χ1n) is 9.47. The summed E-state index contributed by atoms with van der Waals surface area (Å²) in [6.07, 6.45) is 0.823. The SMILES string of the molecule is COc1ccc(CCNc2cc(C)c(C#N)c3[nH]c4ccccc4[n+]23)cc1OC. The fourth-order valence-electron chi connectivity index (χ4n) is 3.67. The number of rotatable bonds is 6. The second-order valence-electron chi connectivity index (χ2n) is 6.89. The standard InChI is InChI=1S/C23H22N4O2/c1-15-12-22(25-11-10-16-8-9-20(28-2)21(13-16)29-3)27-19-7-5-4-6-18(19)26-23(27)17(15)14-24/h4-9,12-13H,10-11H2,1-3H3,(H,25,26)/p+1. The van der Waals surface area contributed by atoms with Gasteiger partial charge in [0.15, 0.2) is 11.5 Å². The molecular formula is C23H23N4O2+. The number of fused-ring (bicyclic) bond motifs is 3. The molecule has 0 atom stereocenters. The Kier molecular flexibility index (Phi) is 4.96. The number of hydrogen-bond acceptors (Lipinski definition) is 4. The van der Waals surface area contributed by atoms with Crippen LogP contribution in [0.5, 0.6) is 11.5 Å². The molecule has 0 aliphatic carbocycles. The number of pyridine rings is 1. The number of nitriles is 1. The van der Waals surface area contributed by atoms with Crippen molar-refractivity contribution >= 4 is 22.5 Å². The molecule has 29 heavy (non-hydrogen) atoms. The van der Waals surface area contributed by atoms with E-state index in [0.29, 0.717) is 5.56 Å². The smallest absolute Gasteiger partial charge is 0.250 e. The van der Waals surface area contributed by atoms with Crippen LogP contribution in [0.3, 0.4) is 0 Å². The Morgan fingerprint density at radius 3 is 2.62 bits per heavy atom. The lowest BCUT2D eigenvalue weighted by Gasteiger charge is -2.10. The molecule has 0 saturated carbocycles. The van der Waals surface area contributed by atoms with Crippen LogP contribution in [0.15, 0.2) is 48.5 Å². The molecule has 6 heteroatoms. The average molecular weight is 387 g/mol. The number of aromatic nitrogens is 2. The van der Waals surface area contributed by atoms with Crippen LogP contribution in [-0.4, -0.2) is 25.7 Å². The minimum atomic E-state index is 0.659. The van der Waals surface area contributed by atoms with E-state index in [1.54, 1.807) is 14.2 Å². The third-order valence-electron chi connectivity index (χ3n) is 5.13. The van der Waals surface area contributed by atoms with Gasteiger partial charge in [-0.3, -0.25) is 4.98 Å². The zero-order chi connectivity index (χ0) is 20.4. The Hall–Kier alpha value is -3.72. The van der Waals surface area contributed by atoms with Gasteiger partial charge in [0.2, 0.25) is 11.5 Å². The summed E-state index contributed by atoms with van der Waals surface area (Å²) in [7, 11) is 3.28. The fourth-order valence-corrected chi connectivity index (χ4v) is 3.67. The van der Waals surface area contributed by atoms with E-state index in [9.17, 15) is 5.26 Å². The van der Waals surface area contributed by atoms with E-state index >= 15 is 0 Å². The van der Waals surface area contributed by atoms with Crippen molar-refractivity contribution in [2.24, 2.45) is 0 Å². The van der Waals surface area contributed by atoms with Gasteiger partial charge in [-0.05, 0) is 42.3 Å². The lowest BCUT2D eigenvalue weighted by atomic mass is 10.1. The molecular weight excluding hydrogens is 364 g/mol. The van der Waals surface area contributed by atoms with Crippen LogP contribution in [0, 0.1) is 18.3 Å². The maximum Gasteiger partial charge on any atom is 0.250 e. The van der Waals surface area contributed by atoms with Crippen molar-refractivity contribution in [1.29, 1.82) is 5.26 Å². The van der Waals surface area contributed by atoms with Gasteiger partial charge in [-0.25, -0.2) is 0 Å². The zero-order valence-electron chi connectivity index (χ0n) is 16.7. The summed E-state index contributed by atoms with van der Waals surface area (Å²) in [5.74, 6) is 2.41. The molecule has 2 N–H and O–H groups in total. The van der Waals surface area contributed by atoms with Crippen molar-refractivity contribution in [3.8, 4) is 17.6 Å². The van der Waals surface area contributed by atoms with Gasteiger partial charge in [-0.1, -0.05) is 18.2 Å². The molecule has 0 spiro atoms. The molecule has 6 nitrogen and oxygen atoms in total. The number of H-pyrrole nitrogens is 1. The van der Waals surface area contributed by atoms with Gasteiger partial charge in [-0.15, -0.1) is 0 Å². The predicted octanol–water partition coefficient (Wildman–Crippen LogP) is 3.76. The van der Waals surface area contributed by atoms with Crippen LogP contribution in [0.1, 0.15) is 16.7 Å². The van der Waals surface area contributed by atoms with Gasteiger partial charge in [0.1, 0.15) is 22.7 Å². The number of nitrogens with one attached hydrogen (secondary N) is 2. The summed E-state index contributed by atoms with van der Waals surface area (Å²) >= 11 is 0. The first-order chi connectivity index (χ1) is 14.2. The van der Waals surface area contributed by atoms with Crippen molar-refractivity contribution in [1.82, 2.24) is 4.98 Å². The van der Waals surface area contributed by atoms with Crippen LogP contribution >= 0.6 is 0 Å². The predicted molar refractivity (Wildman–Crippen MR) is 113 cm³/mol. The summed E-state index contributed by atoms with van der Waals surface area (Å²) in [4.78, 5) is 3.38. The minimum Gasteiger partial charge on any atom is -0.493 e. The number of benzene rings is 2. The van der Waals surface area contributed by atoms with E-state index in [1.165, 1.54) is 0 Å². The van der Waals surface area contributed by atoms with Crippen molar-refractivity contribution in [2.45, 2.75) is 13.3 Å². The van der Waals surface area contributed by atoms with Crippen LogP contribution in [-0.2, 0) is 6.42 Å². The zero-order valence-corrected chi connectivity index (χ0v) is 16.7. The maximum absolute atomic E-state index is 9.62. The number of aromatic amines is 1. The monoisotopic (exact) mass is 387 g/mol.